The lowest BCUT2D eigenvalue weighted by molar-refractivity contribution is 0.212. The molecule has 2 N–H and O–H groups in total. The van der Waals surface area contributed by atoms with Crippen molar-refractivity contribution >= 4 is 11.9 Å². The molecule has 6 heteroatoms. The second kappa shape index (κ2) is 4.64. The van der Waals surface area contributed by atoms with Gasteiger partial charge in [-0.2, -0.15) is 10.1 Å². The first-order chi connectivity index (χ1) is 8.58. The van der Waals surface area contributed by atoms with Crippen molar-refractivity contribution < 1.29 is 4.79 Å². The van der Waals surface area contributed by atoms with Gasteiger partial charge < -0.3 is 10.6 Å². The molecule has 0 saturated carbocycles. The summed E-state index contributed by atoms with van der Waals surface area (Å²) < 4.78 is 1.73. The minimum atomic E-state index is -0.320. The Morgan fingerprint density at radius 2 is 2.33 bits per heavy atom. The van der Waals surface area contributed by atoms with Crippen LogP contribution in [0.5, 0.6) is 0 Å². The van der Waals surface area contributed by atoms with Crippen LogP contribution in [0, 0.1) is 0 Å². The van der Waals surface area contributed by atoms with Gasteiger partial charge in [-0.05, 0) is 6.42 Å². The number of aryl methyl sites for hydroxylation is 2. The van der Waals surface area contributed by atoms with Crippen LogP contribution in [0.1, 0.15) is 24.2 Å². The first-order valence-electron chi connectivity index (χ1n) is 5.86. The smallest absolute Gasteiger partial charge is 0.346 e. The van der Waals surface area contributed by atoms with Gasteiger partial charge in [0.05, 0.1) is 5.69 Å². The standard InChI is InChI=1S/C12H17N5O/c1-4-6-17-10(11(13)14-12(17)18)8-7-16(3)15-9(8)5-2/h4,7,10H,1,5-6H2,2-3H3,(H2,13,14,18). The molecule has 0 aromatic carbocycles. The third kappa shape index (κ3) is 1.90. The quantitative estimate of drug-likeness (QED) is 0.806. The lowest BCUT2D eigenvalue weighted by atomic mass is 10.0. The van der Waals surface area contributed by atoms with Crippen molar-refractivity contribution in [3.8, 4) is 0 Å². The van der Waals surface area contributed by atoms with Crippen molar-refractivity contribution in [1.82, 2.24) is 14.7 Å². The predicted molar refractivity (Wildman–Crippen MR) is 69.2 cm³/mol. The van der Waals surface area contributed by atoms with Gasteiger partial charge in [0, 0.05) is 25.4 Å². The van der Waals surface area contributed by atoms with Crippen LogP contribution in [-0.4, -0.2) is 33.1 Å². The molecule has 0 bridgehead atoms. The monoisotopic (exact) mass is 247 g/mol. The summed E-state index contributed by atoms with van der Waals surface area (Å²) in [6.45, 7) is 6.10. The van der Waals surface area contributed by atoms with Gasteiger partial charge in [-0.25, -0.2) is 4.79 Å². The van der Waals surface area contributed by atoms with Crippen molar-refractivity contribution in [2.75, 3.05) is 6.54 Å². The van der Waals surface area contributed by atoms with E-state index in [9.17, 15) is 4.79 Å². The number of rotatable bonds is 4. The molecule has 96 valence electrons. The largest absolute Gasteiger partial charge is 0.385 e. The zero-order chi connectivity index (χ0) is 13.3. The summed E-state index contributed by atoms with van der Waals surface area (Å²) in [5, 5.41) is 4.37. The highest BCUT2D eigenvalue weighted by atomic mass is 16.2. The Balaban J connectivity index is 2.43. The maximum Gasteiger partial charge on any atom is 0.346 e. The van der Waals surface area contributed by atoms with Gasteiger partial charge in [0.25, 0.3) is 0 Å². The summed E-state index contributed by atoms with van der Waals surface area (Å²) >= 11 is 0. The molecule has 1 aliphatic rings. The maximum atomic E-state index is 11.7. The van der Waals surface area contributed by atoms with Crippen molar-refractivity contribution in [1.29, 1.82) is 0 Å². The summed E-state index contributed by atoms with van der Waals surface area (Å²) in [4.78, 5) is 17.2. The summed E-state index contributed by atoms with van der Waals surface area (Å²) in [5.41, 5.74) is 7.74. The van der Waals surface area contributed by atoms with E-state index in [4.69, 9.17) is 5.73 Å². The molecule has 1 aromatic heterocycles. The molecular weight excluding hydrogens is 230 g/mol. The molecule has 1 aromatic rings. The third-order valence-corrected chi connectivity index (χ3v) is 2.96. The van der Waals surface area contributed by atoms with Crippen LogP contribution in [-0.2, 0) is 13.5 Å². The van der Waals surface area contributed by atoms with Crippen molar-refractivity contribution in [3.63, 3.8) is 0 Å². The number of urea groups is 1. The van der Waals surface area contributed by atoms with E-state index in [-0.39, 0.29) is 12.1 Å². The second-order valence-electron chi connectivity index (χ2n) is 4.22. The number of carbonyl (C=O) groups excluding carboxylic acids is 1. The number of amidine groups is 1. The maximum absolute atomic E-state index is 11.7. The molecular formula is C12H17N5O. The molecule has 0 aliphatic carbocycles. The SMILES string of the molecule is C=CCN1C(=O)N=C(N)C1c1cn(C)nc1CC. The van der Waals surface area contributed by atoms with E-state index in [1.807, 2.05) is 20.2 Å². The summed E-state index contributed by atoms with van der Waals surface area (Å²) in [7, 11) is 1.85. The van der Waals surface area contributed by atoms with Crippen LogP contribution in [0.25, 0.3) is 0 Å². The molecule has 18 heavy (non-hydrogen) atoms. The Morgan fingerprint density at radius 3 is 2.94 bits per heavy atom. The zero-order valence-electron chi connectivity index (χ0n) is 10.6. The van der Waals surface area contributed by atoms with Gasteiger partial charge >= 0.3 is 6.03 Å². The zero-order valence-corrected chi connectivity index (χ0v) is 10.6. The van der Waals surface area contributed by atoms with Crippen LogP contribution >= 0.6 is 0 Å². The van der Waals surface area contributed by atoms with E-state index in [1.54, 1.807) is 15.7 Å². The molecule has 1 unspecified atom stereocenters. The van der Waals surface area contributed by atoms with Crippen LogP contribution in [0.4, 0.5) is 4.79 Å². The van der Waals surface area contributed by atoms with Gasteiger partial charge in [0.2, 0.25) is 0 Å². The van der Waals surface area contributed by atoms with Crippen LogP contribution in [0.3, 0.4) is 0 Å². The van der Waals surface area contributed by atoms with Crippen molar-refractivity contribution in [2.45, 2.75) is 19.4 Å². The first kappa shape index (κ1) is 12.3. The number of hydrogen-bond donors (Lipinski definition) is 1. The fraction of sp³-hybridized carbons (Fsp3) is 0.417. The average molecular weight is 247 g/mol. The van der Waals surface area contributed by atoms with Gasteiger partial charge in [-0.3, -0.25) is 4.68 Å². The van der Waals surface area contributed by atoms with E-state index < -0.39 is 0 Å². The van der Waals surface area contributed by atoms with E-state index in [2.05, 4.69) is 16.7 Å². The Labute approximate surface area is 106 Å². The highest BCUT2D eigenvalue weighted by molar-refractivity contribution is 6.03. The minimum Gasteiger partial charge on any atom is -0.385 e. The Hall–Kier alpha value is -2.11. The highest BCUT2D eigenvalue weighted by Gasteiger charge is 2.35. The average Bonchev–Trinajstić information content (AvgIpc) is 2.81. The van der Waals surface area contributed by atoms with Gasteiger partial charge in [0.1, 0.15) is 11.9 Å². The molecule has 6 nitrogen and oxygen atoms in total. The van der Waals surface area contributed by atoms with Crippen LogP contribution in [0.15, 0.2) is 23.8 Å². The Morgan fingerprint density at radius 1 is 1.61 bits per heavy atom. The molecule has 2 amide bonds. The second-order valence-corrected chi connectivity index (χ2v) is 4.22. The number of amides is 2. The van der Waals surface area contributed by atoms with Gasteiger partial charge in [0.15, 0.2) is 0 Å². The predicted octanol–water partition coefficient (Wildman–Crippen LogP) is 1.00. The number of nitrogens with two attached hydrogens (primary N) is 1. The van der Waals surface area contributed by atoms with E-state index in [0.29, 0.717) is 12.4 Å². The van der Waals surface area contributed by atoms with E-state index in [1.165, 1.54) is 0 Å². The van der Waals surface area contributed by atoms with E-state index >= 15 is 0 Å². The molecule has 0 spiro atoms. The molecule has 2 heterocycles. The van der Waals surface area contributed by atoms with Crippen LogP contribution < -0.4 is 5.73 Å². The number of nitrogens with zero attached hydrogens (tertiary/aromatic N) is 4. The summed E-state index contributed by atoms with van der Waals surface area (Å²) in [6.07, 6.45) is 4.34. The normalized spacial score (nSPS) is 19.2. The fourth-order valence-corrected chi connectivity index (χ4v) is 2.21. The van der Waals surface area contributed by atoms with Gasteiger partial charge in [-0.1, -0.05) is 13.0 Å². The summed E-state index contributed by atoms with van der Waals surface area (Å²) in [6, 6.07) is -0.637. The molecule has 0 fully saturated rings. The van der Waals surface area contributed by atoms with E-state index in [0.717, 1.165) is 17.7 Å². The minimum absolute atomic E-state index is 0.316. The molecule has 1 aliphatic heterocycles. The Kier molecular flexibility index (Phi) is 3.18. The molecule has 0 saturated heterocycles. The van der Waals surface area contributed by atoms with Gasteiger partial charge in [-0.15, -0.1) is 6.58 Å². The Bertz CT molecular complexity index is 517. The number of aromatic nitrogens is 2. The van der Waals surface area contributed by atoms with Crippen molar-refractivity contribution in [3.05, 3.63) is 30.1 Å². The first-order valence-corrected chi connectivity index (χ1v) is 5.86. The highest BCUT2D eigenvalue weighted by Crippen LogP contribution is 2.28. The summed E-state index contributed by atoms with van der Waals surface area (Å²) in [5.74, 6) is 0.324. The lowest BCUT2D eigenvalue weighted by Gasteiger charge is -2.22. The molecule has 2 rings (SSSR count). The lowest BCUT2D eigenvalue weighted by Crippen LogP contribution is -2.33. The molecule has 1 atom stereocenters. The molecule has 0 radical (unpaired) electrons. The van der Waals surface area contributed by atoms with Crippen molar-refractivity contribution in [2.24, 2.45) is 17.8 Å². The fourth-order valence-electron chi connectivity index (χ4n) is 2.21. The number of aliphatic imine (C=N–C) groups is 1. The van der Waals surface area contributed by atoms with Crippen LogP contribution in [0.2, 0.25) is 0 Å². The number of hydrogen-bond acceptors (Lipinski definition) is 3. The third-order valence-electron chi connectivity index (χ3n) is 2.96. The topological polar surface area (TPSA) is 76.5 Å². The number of carbonyl (C=O) groups is 1.